The van der Waals surface area contributed by atoms with Gasteiger partial charge in [0.2, 0.25) is 11.8 Å². The highest BCUT2D eigenvalue weighted by Crippen LogP contribution is 2.11. The van der Waals surface area contributed by atoms with E-state index in [1.807, 2.05) is 6.92 Å². The fraction of sp³-hybridized carbons (Fsp3) is 0.750. The molecule has 0 atom stereocenters. The summed E-state index contributed by atoms with van der Waals surface area (Å²) < 4.78 is 0. The Morgan fingerprint density at radius 3 is 2.47 bits per heavy atom. The van der Waals surface area contributed by atoms with E-state index in [4.69, 9.17) is 0 Å². The van der Waals surface area contributed by atoms with Gasteiger partial charge in [0.05, 0.1) is 6.54 Å². The maximum Gasteiger partial charge on any atom is 0.230 e. The molecule has 5 heteroatoms. The molecular formula is C12H20N2O3. The standard InChI is InChI=1S/C12H20N2O3/c1-2-13-8-4-3-5-10(15)9-14-11(16)6-7-12(14)17/h13H,2-9H2,1H3. The second-order valence-corrected chi connectivity index (χ2v) is 4.22. The van der Waals surface area contributed by atoms with Crippen LogP contribution in [0.1, 0.15) is 39.0 Å². The Balaban J connectivity index is 2.16. The summed E-state index contributed by atoms with van der Waals surface area (Å²) in [5.74, 6) is -0.447. The molecule has 1 fully saturated rings. The van der Waals surface area contributed by atoms with Crippen molar-refractivity contribution in [1.82, 2.24) is 10.2 Å². The van der Waals surface area contributed by atoms with Crippen molar-refractivity contribution in [3.63, 3.8) is 0 Å². The number of amides is 2. The molecule has 2 amide bonds. The molecule has 17 heavy (non-hydrogen) atoms. The molecule has 0 bridgehead atoms. The quantitative estimate of drug-likeness (QED) is 0.495. The molecule has 0 aromatic rings. The van der Waals surface area contributed by atoms with Crippen LogP contribution in [0, 0.1) is 0 Å². The fourth-order valence-electron chi connectivity index (χ4n) is 1.80. The van der Waals surface area contributed by atoms with Crippen LogP contribution in [-0.2, 0) is 14.4 Å². The Kier molecular flexibility index (Phi) is 5.83. The number of imide groups is 1. The van der Waals surface area contributed by atoms with Crippen LogP contribution in [0.4, 0.5) is 0 Å². The number of carbonyl (C=O) groups is 3. The zero-order valence-corrected chi connectivity index (χ0v) is 10.3. The van der Waals surface area contributed by atoms with Gasteiger partial charge in [0, 0.05) is 19.3 Å². The molecule has 5 nitrogen and oxygen atoms in total. The van der Waals surface area contributed by atoms with E-state index in [0.717, 1.165) is 30.8 Å². The Bertz CT molecular complexity index is 286. The smallest absolute Gasteiger partial charge is 0.230 e. The first kappa shape index (κ1) is 13.8. The van der Waals surface area contributed by atoms with Gasteiger partial charge < -0.3 is 5.32 Å². The average molecular weight is 240 g/mol. The van der Waals surface area contributed by atoms with Crippen molar-refractivity contribution in [3.8, 4) is 0 Å². The minimum Gasteiger partial charge on any atom is -0.317 e. The number of carbonyl (C=O) groups excluding carboxylic acids is 3. The van der Waals surface area contributed by atoms with Crippen molar-refractivity contribution < 1.29 is 14.4 Å². The molecular weight excluding hydrogens is 220 g/mol. The monoisotopic (exact) mass is 240 g/mol. The van der Waals surface area contributed by atoms with E-state index in [1.165, 1.54) is 0 Å². The maximum atomic E-state index is 11.6. The van der Waals surface area contributed by atoms with E-state index in [1.54, 1.807) is 0 Å². The summed E-state index contributed by atoms with van der Waals surface area (Å²) in [6.45, 7) is 3.85. The lowest BCUT2D eigenvalue weighted by Crippen LogP contribution is -2.34. The van der Waals surface area contributed by atoms with Crippen LogP contribution < -0.4 is 5.32 Å². The summed E-state index contributed by atoms with van der Waals surface area (Å²) in [6, 6.07) is 0. The highest BCUT2D eigenvalue weighted by Gasteiger charge is 2.29. The molecule has 96 valence electrons. The molecule has 1 heterocycles. The van der Waals surface area contributed by atoms with E-state index in [9.17, 15) is 14.4 Å². The van der Waals surface area contributed by atoms with E-state index in [-0.39, 0.29) is 37.0 Å². The summed E-state index contributed by atoms with van der Waals surface area (Å²) in [7, 11) is 0. The highest BCUT2D eigenvalue weighted by atomic mass is 16.2. The molecule has 0 unspecified atom stereocenters. The van der Waals surface area contributed by atoms with Crippen molar-refractivity contribution in [2.75, 3.05) is 19.6 Å². The number of likely N-dealkylation sites (tertiary alicyclic amines) is 1. The number of unbranched alkanes of at least 4 members (excludes halogenated alkanes) is 1. The van der Waals surface area contributed by atoms with Crippen LogP contribution in [0.15, 0.2) is 0 Å². The number of nitrogens with one attached hydrogen (secondary N) is 1. The Morgan fingerprint density at radius 2 is 1.88 bits per heavy atom. The van der Waals surface area contributed by atoms with Gasteiger partial charge in [0.25, 0.3) is 0 Å². The van der Waals surface area contributed by atoms with Gasteiger partial charge in [-0.15, -0.1) is 0 Å². The molecule has 1 saturated heterocycles. The van der Waals surface area contributed by atoms with E-state index in [2.05, 4.69) is 5.32 Å². The topological polar surface area (TPSA) is 66.5 Å². The molecule has 0 aromatic carbocycles. The Hall–Kier alpha value is -1.23. The first-order valence-electron chi connectivity index (χ1n) is 6.20. The minimum atomic E-state index is -0.212. The molecule has 1 rings (SSSR count). The summed E-state index contributed by atoms with van der Waals surface area (Å²) in [6.07, 6.45) is 2.71. The number of rotatable bonds is 8. The zero-order valence-electron chi connectivity index (χ0n) is 10.3. The maximum absolute atomic E-state index is 11.6. The molecule has 0 saturated carbocycles. The normalized spacial score (nSPS) is 15.7. The van der Waals surface area contributed by atoms with E-state index < -0.39 is 0 Å². The molecule has 0 aromatic heterocycles. The third kappa shape index (κ3) is 4.65. The van der Waals surface area contributed by atoms with Crippen LogP contribution in [0.5, 0.6) is 0 Å². The van der Waals surface area contributed by atoms with Crippen molar-refractivity contribution in [2.24, 2.45) is 0 Å². The van der Waals surface area contributed by atoms with Gasteiger partial charge in [-0.1, -0.05) is 6.92 Å². The second kappa shape index (κ2) is 7.17. The van der Waals surface area contributed by atoms with Crippen LogP contribution in [0.2, 0.25) is 0 Å². The van der Waals surface area contributed by atoms with Gasteiger partial charge in [-0.3, -0.25) is 19.3 Å². The predicted octanol–water partition coefficient (Wildman–Crippen LogP) is 0.484. The molecule has 1 aliphatic rings. The van der Waals surface area contributed by atoms with Crippen LogP contribution in [-0.4, -0.2) is 42.1 Å². The summed E-state index contributed by atoms with van der Waals surface area (Å²) in [4.78, 5) is 35.2. The van der Waals surface area contributed by atoms with E-state index >= 15 is 0 Å². The lowest BCUT2D eigenvalue weighted by Gasteiger charge is -2.12. The minimum absolute atomic E-state index is 0.0231. The SMILES string of the molecule is CCNCCCCC(=O)CN1C(=O)CCC1=O. The molecule has 0 aliphatic carbocycles. The fourth-order valence-corrected chi connectivity index (χ4v) is 1.80. The van der Waals surface area contributed by atoms with Crippen LogP contribution in [0.25, 0.3) is 0 Å². The van der Waals surface area contributed by atoms with Crippen LogP contribution >= 0.6 is 0 Å². The van der Waals surface area contributed by atoms with Gasteiger partial charge in [0.15, 0.2) is 5.78 Å². The number of nitrogens with zero attached hydrogens (tertiary/aromatic N) is 1. The van der Waals surface area contributed by atoms with Gasteiger partial charge >= 0.3 is 0 Å². The van der Waals surface area contributed by atoms with E-state index in [0.29, 0.717) is 6.42 Å². The molecule has 1 aliphatic heterocycles. The zero-order chi connectivity index (χ0) is 12.7. The second-order valence-electron chi connectivity index (χ2n) is 4.22. The first-order chi connectivity index (χ1) is 8.15. The summed E-state index contributed by atoms with van der Waals surface area (Å²) >= 11 is 0. The predicted molar refractivity (Wildman–Crippen MR) is 63.4 cm³/mol. The number of Topliss-reactive ketones (excluding diaryl/α,β-unsaturated/α-hetero) is 1. The molecule has 0 radical (unpaired) electrons. The molecule has 0 spiro atoms. The number of hydrogen-bond donors (Lipinski definition) is 1. The third-order valence-corrected chi connectivity index (χ3v) is 2.80. The lowest BCUT2D eigenvalue weighted by atomic mass is 10.1. The Morgan fingerprint density at radius 1 is 1.24 bits per heavy atom. The van der Waals surface area contributed by atoms with Gasteiger partial charge in [0.1, 0.15) is 0 Å². The lowest BCUT2D eigenvalue weighted by molar-refractivity contribution is -0.141. The first-order valence-corrected chi connectivity index (χ1v) is 6.20. The van der Waals surface area contributed by atoms with Gasteiger partial charge in [-0.2, -0.15) is 0 Å². The summed E-state index contributed by atoms with van der Waals surface area (Å²) in [5.41, 5.74) is 0. The highest BCUT2D eigenvalue weighted by molar-refractivity contribution is 6.04. The third-order valence-electron chi connectivity index (χ3n) is 2.80. The molecule has 1 N–H and O–H groups in total. The van der Waals surface area contributed by atoms with Crippen molar-refractivity contribution in [3.05, 3.63) is 0 Å². The van der Waals surface area contributed by atoms with Crippen molar-refractivity contribution in [1.29, 1.82) is 0 Å². The average Bonchev–Trinajstić information content (AvgIpc) is 2.60. The summed E-state index contributed by atoms with van der Waals surface area (Å²) in [5, 5.41) is 3.18. The number of ketones is 1. The number of hydrogen-bond acceptors (Lipinski definition) is 4. The van der Waals surface area contributed by atoms with Gasteiger partial charge in [-0.05, 0) is 25.9 Å². The van der Waals surface area contributed by atoms with Crippen molar-refractivity contribution >= 4 is 17.6 Å². The largest absolute Gasteiger partial charge is 0.317 e. The van der Waals surface area contributed by atoms with Gasteiger partial charge in [-0.25, -0.2) is 0 Å². The Labute approximate surface area is 102 Å². The van der Waals surface area contributed by atoms with Crippen LogP contribution in [0.3, 0.4) is 0 Å². The van der Waals surface area contributed by atoms with Crippen molar-refractivity contribution in [2.45, 2.75) is 39.0 Å².